The number of tetrazole rings is 1. The standard InChI is InChI=1S/C11H19N7OS/c1-17-8-10(7-13-17)9-20-11-14-15-16-18(11)5-3-12-4-6-19-2/h7-8,12H,3-6,9H2,1-2H3. The number of nitrogens with zero attached hydrogens (tertiary/aromatic N) is 6. The Morgan fingerprint density at radius 1 is 1.40 bits per heavy atom. The minimum atomic E-state index is 0.707. The van der Waals surface area contributed by atoms with E-state index in [1.54, 1.807) is 28.2 Å². The second-order valence-corrected chi connectivity index (χ2v) is 5.18. The molecule has 0 spiro atoms. The number of thioether (sulfide) groups is 1. The van der Waals surface area contributed by atoms with E-state index in [2.05, 4.69) is 25.9 Å². The van der Waals surface area contributed by atoms with E-state index in [0.29, 0.717) is 6.61 Å². The average Bonchev–Trinajstić information content (AvgIpc) is 3.05. The van der Waals surface area contributed by atoms with Crippen LogP contribution in [-0.4, -0.2) is 56.8 Å². The molecule has 0 aromatic carbocycles. The van der Waals surface area contributed by atoms with Crippen molar-refractivity contribution in [2.24, 2.45) is 7.05 Å². The lowest BCUT2D eigenvalue weighted by molar-refractivity contribution is 0.199. The van der Waals surface area contributed by atoms with Gasteiger partial charge in [-0.15, -0.1) is 5.10 Å². The molecule has 0 bridgehead atoms. The Labute approximate surface area is 121 Å². The zero-order valence-electron chi connectivity index (χ0n) is 11.7. The van der Waals surface area contributed by atoms with E-state index in [-0.39, 0.29) is 0 Å². The summed E-state index contributed by atoms with van der Waals surface area (Å²) in [6.07, 6.45) is 3.85. The van der Waals surface area contributed by atoms with Crippen LogP contribution in [0.1, 0.15) is 5.56 Å². The molecule has 0 aliphatic rings. The molecular formula is C11H19N7OS. The van der Waals surface area contributed by atoms with Crippen LogP contribution >= 0.6 is 11.8 Å². The molecule has 2 heterocycles. The second-order valence-electron chi connectivity index (χ2n) is 4.24. The van der Waals surface area contributed by atoms with Gasteiger partial charge in [0.2, 0.25) is 5.16 Å². The first-order valence-electron chi connectivity index (χ1n) is 6.35. The lowest BCUT2D eigenvalue weighted by atomic mass is 10.4. The molecule has 0 atom stereocenters. The first kappa shape index (κ1) is 14.9. The summed E-state index contributed by atoms with van der Waals surface area (Å²) < 4.78 is 8.57. The minimum Gasteiger partial charge on any atom is -0.383 e. The van der Waals surface area contributed by atoms with Crippen LogP contribution in [0.4, 0.5) is 0 Å². The molecule has 0 radical (unpaired) electrons. The molecular weight excluding hydrogens is 278 g/mol. The highest BCUT2D eigenvalue weighted by atomic mass is 32.2. The largest absolute Gasteiger partial charge is 0.383 e. The molecule has 2 rings (SSSR count). The first-order valence-corrected chi connectivity index (χ1v) is 7.34. The zero-order chi connectivity index (χ0) is 14.2. The normalized spacial score (nSPS) is 11.1. The number of aromatic nitrogens is 6. The summed E-state index contributed by atoms with van der Waals surface area (Å²) in [6, 6.07) is 0. The Hall–Kier alpha value is -1.45. The van der Waals surface area contributed by atoms with Gasteiger partial charge in [0.15, 0.2) is 0 Å². The van der Waals surface area contributed by atoms with E-state index in [9.17, 15) is 0 Å². The molecule has 1 N–H and O–H groups in total. The third-order valence-electron chi connectivity index (χ3n) is 2.61. The van der Waals surface area contributed by atoms with Crippen molar-refractivity contribution in [3.8, 4) is 0 Å². The molecule has 2 aromatic rings. The van der Waals surface area contributed by atoms with Gasteiger partial charge in [0.05, 0.1) is 19.3 Å². The van der Waals surface area contributed by atoms with Gasteiger partial charge in [0.25, 0.3) is 0 Å². The maximum atomic E-state index is 4.97. The Bertz CT molecular complexity index is 512. The summed E-state index contributed by atoms with van der Waals surface area (Å²) in [5, 5.41) is 20.0. The van der Waals surface area contributed by atoms with Crippen LogP contribution < -0.4 is 5.32 Å². The van der Waals surface area contributed by atoms with Crippen molar-refractivity contribution in [2.45, 2.75) is 17.5 Å². The van der Waals surface area contributed by atoms with Crippen LogP contribution in [0.2, 0.25) is 0 Å². The number of rotatable bonds is 9. The molecule has 0 saturated carbocycles. The fourth-order valence-electron chi connectivity index (χ4n) is 1.62. The maximum Gasteiger partial charge on any atom is 0.209 e. The van der Waals surface area contributed by atoms with Gasteiger partial charge in [-0.2, -0.15) is 5.10 Å². The SMILES string of the molecule is COCCNCCn1nnnc1SCc1cnn(C)c1. The number of methoxy groups -OCH3 is 1. The molecule has 2 aromatic heterocycles. The van der Waals surface area contributed by atoms with E-state index in [4.69, 9.17) is 4.74 Å². The lowest BCUT2D eigenvalue weighted by Gasteiger charge is -2.05. The van der Waals surface area contributed by atoms with Gasteiger partial charge < -0.3 is 10.1 Å². The maximum absolute atomic E-state index is 4.97. The topological polar surface area (TPSA) is 82.7 Å². The quantitative estimate of drug-likeness (QED) is 0.512. The van der Waals surface area contributed by atoms with E-state index >= 15 is 0 Å². The third-order valence-corrected chi connectivity index (χ3v) is 3.64. The van der Waals surface area contributed by atoms with Crippen molar-refractivity contribution >= 4 is 11.8 Å². The number of aryl methyl sites for hydroxylation is 1. The monoisotopic (exact) mass is 297 g/mol. The van der Waals surface area contributed by atoms with Crippen LogP contribution in [0.5, 0.6) is 0 Å². The highest BCUT2D eigenvalue weighted by Gasteiger charge is 2.07. The highest BCUT2D eigenvalue weighted by Crippen LogP contribution is 2.19. The number of ether oxygens (including phenoxy) is 1. The Balaban J connectivity index is 1.76. The zero-order valence-corrected chi connectivity index (χ0v) is 12.5. The van der Waals surface area contributed by atoms with Crippen LogP contribution in [-0.2, 0) is 24.1 Å². The van der Waals surface area contributed by atoms with E-state index in [1.165, 1.54) is 0 Å². The predicted molar refractivity (Wildman–Crippen MR) is 75.3 cm³/mol. The van der Waals surface area contributed by atoms with Gasteiger partial charge in [0.1, 0.15) is 0 Å². The Kier molecular flexibility index (Phi) is 5.96. The Morgan fingerprint density at radius 2 is 2.30 bits per heavy atom. The fraction of sp³-hybridized carbons (Fsp3) is 0.636. The van der Waals surface area contributed by atoms with Crippen LogP contribution in [0.15, 0.2) is 17.6 Å². The molecule has 0 unspecified atom stereocenters. The molecule has 0 amide bonds. The first-order chi connectivity index (χ1) is 9.79. The van der Waals surface area contributed by atoms with Gasteiger partial charge in [0, 0.05) is 44.8 Å². The molecule has 0 aliphatic carbocycles. The van der Waals surface area contributed by atoms with Crippen molar-refractivity contribution in [1.29, 1.82) is 0 Å². The smallest absolute Gasteiger partial charge is 0.209 e. The molecule has 0 saturated heterocycles. The van der Waals surface area contributed by atoms with Crippen molar-refractivity contribution in [1.82, 2.24) is 35.3 Å². The van der Waals surface area contributed by atoms with Crippen molar-refractivity contribution in [3.63, 3.8) is 0 Å². The van der Waals surface area contributed by atoms with Crippen LogP contribution in [0, 0.1) is 0 Å². The summed E-state index contributed by atoms with van der Waals surface area (Å²) in [6.45, 7) is 3.09. The summed E-state index contributed by atoms with van der Waals surface area (Å²) in [4.78, 5) is 0. The molecule has 0 fully saturated rings. The van der Waals surface area contributed by atoms with Gasteiger partial charge >= 0.3 is 0 Å². The van der Waals surface area contributed by atoms with Gasteiger partial charge in [-0.3, -0.25) is 4.68 Å². The third kappa shape index (κ3) is 4.58. The fourth-order valence-corrected chi connectivity index (χ4v) is 2.43. The molecule has 20 heavy (non-hydrogen) atoms. The summed E-state index contributed by atoms with van der Waals surface area (Å²) in [5.41, 5.74) is 1.16. The minimum absolute atomic E-state index is 0.707. The van der Waals surface area contributed by atoms with Gasteiger partial charge in [-0.1, -0.05) is 11.8 Å². The summed E-state index contributed by atoms with van der Waals surface area (Å²) >= 11 is 1.61. The number of nitrogens with one attached hydrogen (secondary N) is 1. The molecule has 8 nitrogen and oxygen atoms in total. The van der Waals surface area contributed by atoms with Crippen LogP contribution in [0.3, 0.4) is 0 Å². The number of hydrogen-bond donors (Lipinski definition) is 1. The number of hydrogen-bond acceptors (Lipinski definition) is 7. The van der Waals surface area contributed by atoms with E-state index < -0.39 is 0 Å². The van der Waals surface area contributed by atoms with Gasteiger partial charge in [-0.05, 0) is 10.4 Å². The van der Waals surface area contributed by atoms with Gasteiger partial charge in [-0.25, -0.2) is 4.68 Å². The average molecular weight is 297 g/mol. The van der Waals surface area contributed by atoms with E-state index in [0.717, 1.165) is 36.1 Å². The highest BCUT2D eigenvalue weighted by molar-refractivity contribution is 7.98. The molecule has 0 aliphatic heterocycles. The summed E-state index contributed by atoms with van der Waals surface area (Å²) in [5.74, 6) is 0.811. The van der Waals surface area contributed by atoms with E-state index in [1.807, 2.05) is 19.4 Å². The lowest BCUT2D eigenvalue weighted by Crippen LogP contribution is -2.24. The predicted octanol–water partition coefficient (Wildman–Crippen LogP) is -0.0651. The Morgan fingerprint density at radius 3 is 3.05 bits per heavy atom. The van der Waals surface area contributed by atoms with Crippen molar-refractivity contribution in [2.75, 3.05) is 26.8 Å². The van der Waals surface area contributed by atoms with Crippen LogP contribution in [0.25, 0.3) is 0 Å². The molecule has 9 heteroatoms. The second kappa shape index (κ2) is 7.98. The van der Waals surface area contributed by atoms with Crippen molar-refractivity contribution < 1.29 is 4.74 Å². The van der Waals surface area contributed by atoms with Crippen molar-refractivity contribution in [3.05, 3.63) is 18.0 Å². The summed E-state index contributed by atoms with van der Waals surface area (Å²) in [7, 11) is 3.60. The molecule has 110 valence electrons.